The van der Waals surface area contributed by atoms with Gasteiger partial charge < -0.3 is 14.9 Å². The van der Waals surface area contributed by atoms with Crippen LogP contribution in [0.1, 0.15) is 12.8 Å². The number of aromatic nitrogens is 2. The SMILES string of the molecule is CN(CCO)C1CCN(c2cnn(C)c(=O)c2Br)CC1. The first-order valence-electron chi connectivity index (χ1n) is 6.82. The lowest BCUT2D eigenvalue weighted by atomic mass is 10.0. The van der Waals surface area contributed by atoms with E-state index in [1.54, 1.807) is 13.2 Å². The number of nitrogens with zero attached hydrogens (tertiary/aromatic N) is 4. The molecule has 20 heavy (non-hydrogen) atoms. The average molecular weight is 345 g/mol. The zero-order valence-corrected chi connectivity index (χ0v) is 13.5. The van der Waals surface area contributed by atoms with Crippen LogP contribution in [-0.4, -0.2) is 59.1 Å². The summed E-state index contributed by atoms with van der Waals surface area (Å²) in [5.74, 6) is 0. The van der Waals surface area contributed by atoms with Crippen molar-refractivity contribution in [2.24, 2.45) is 7.05 Å². The van der Waals surface area contributed by atoms with E-state index < -0.39 is 0 Å². The number of hydrogen-bond acceptors (Lipinski definition) is 5. The molecule has 0 spiro atoms. The molecule has 1 aliphatic rings. The summed E-state index contributed by atoms with van der Waals surface area (Å²) in [5, 5.41) is 13.1. The molecular formula is C13H21BrN4O2. The summed E-state index contributed by atoms with van der Waals surface area (Å²) in [6.07, 6.45) is 3.79. The Morgan fingerprint density at radius 2 is 2.15 bits per heavy atom. The Morgan fingerprint density at radius 1 is 1.50 bits per heavy atom. The van der Waals surface area contributed by atoms with Crippen molar-refractivity contribution in [3.8, 4) is 0 Å². The average Bonchev–Trinajstić information content (AvgIpc) is 2.45. The van der Waals surface area contributed by atoms with Crippen molar-refractivity contribution in [2.45, 2.75) is 18.9 Å². The van der Waals surface area contributed by atoms with Gasteiger partial charge in [0.15, 0.2) is 0 Å². The molecule has 0 saturated carbocycles. The van der Waals surface area contributed by atoms with Gasteiger partial charge in [-0.05, 0) is 35.8 Å². The molecule has 0 unspecified atom stereocenters. The molecule has 2 heterocycles. The van der Waals surface area contributed by atoms with Crippen molar-refractivity contribution < 1.29 is 5.11 Å². The van der Waals surface area contributed by atoms with Crippen LogP contribution in [0.4, 0.5) is 5.69 Å². The maximum atomic E-state index is 11.9. The second kappa shape index (κ2) is 6.69. The van der Waals surface area contributed by atoms with Gasteiger partial charge in [0.25, 0.3) is 5.56 Å². The van der Waals surface area contributed by atoms with Crippen molar-refractivity contribution in [3.63, 3.8) is 0 Å². The normalized spacial score (nSPS) is 16.9. The van der Waals surface area contributed by atoms with Gasteiger partial charge in [0.2, 0.25) is 0 Å². The lowest BCUT2D eigenvalue weighted by Crippen LogP contribution is -2.44. The minimum atomic E-state index is -0.109. The highest BCUT2D eigenvalue weighted by atomic mass is 79.9. The molecule has 6 nitrogen and oxygen atoms in total. The highest BCUT2D eigenvalue weighted by Gasteiger charge is 2.24. The maximum Gasteiger partial charge on any atom is 0.282 e. The van der Waals surface area contributed by atoms with Gasteiger partial charge >= 0.3 is 0 Å². The zero-order valence-electron chi connectivity index (χ0n) is 11.9. The lowest BCUT2D eigenvalue weighted by molar-refractivity contribution is 0.161. The Bertz CT molecular complexity index is 512. The molecule has 1 aliphatic heterocycles. The first-order chi connectivity index (χ1) is 9.54. The number of anilines is 1. The van der Waals surface area contributed by atoms with Crippen molar-refractivity contribution in [1.82, 2.24) is 14.7 Å². The largest absolute Gasteiger partial charge is 0.395 e. The third kappa shape index (κ3) is 3.21. The quantitative estimate of drug-likeness (QED) is 0.858. The number of aryl methyl sites for hydroxylation is 1. The first-order valence-corrected chi connectivity index (χ1v) is 7.61. The standard InChI is InChI=1S/C13H21BrN4O2/c1-16(7-8-19)10-3-5-18(6-4-10)11-9-15-17(2)13(20)12(11)14/h9-10,19H,3-8H2,1-2H3. The summed E-state index contributed by atoms with van der Waals surface area (Å²) >= 11 is 3.38. The van der Waals surface area contributed by atoms with Crippen LogP contribution in [-0.2, 0) is 7.05 Å². The van der Waals surface area contributed by atoms with Crippen molar-refractivity contribution in [1.29, 1.82) is 0 Å². The van der Waals surface area contributed by atoms with E-state index in [9.17, 15) is 4.79 Å². The second-order valence-corrected chi connectivity index (χ2v) is 5.99. The third-order valence-electron chi connectivity index (χ3n) is 3.94. The van der Waals surface area contributed by atoms with Gasteiger partial charge in [-0.3, -0.25) is 4.79 Å². The van der Waals surface area contributed by atoms with Crippen LogP contribution < -0.4 is 10.5 Å². The van der Waals surface area contributed by atoms with Gasteiger partial charge in [0.05, 0.1) is 18.5 Å². The second-order valence-electron chi connectivity index (χ2n) is 5.19. The van der Waals surface area contributed by atoms with E-state index >= 15 is 0 Å². The summed E-state index contributed by atoms with van der Waals surface area (Å²) in [6, 6.07) is 0.497. The maximum absolute atomic E-state index is 11.9. The van der Waals surface area contributed by atoms with Gasteiger partial charge in [-0.25, -0.2) is 4.68 Å². The minimum absolute atomic E-state index is 0.109. The van der Waals surface area contributed by atoms with Crippen LogP contribution in [0.25, 0.3) is 0 Å². The van der Waals surface area contributed by atoms with Crippen LogP contribution in [0, 0.1) is 0 Å². The Kier molecular flexibility index (Phi) is 5.17. The highest BCUT2D eigenvalue weighted by molar-refractivity contribution is 9.10. The number of aliphatic hydroxyl groups is 1. The first kappa shape index (κ1) is 15.5. The Morgan fingerprint density at radius 3 is 2.75 bits per heavy atom. The fourth-order valence-corrected chi connectivity index (χ4v) is 3.22. The van der Waals surface area contributed by atoms with E-state index in [0.29, 0.717) is 17.1 Å². The monoisotopic (exact) mass is 344 g/mol. The van der Waals surface area contributed by atoms with Gasteiger partial charge in [-0.15, -0.1) is 0 Å². The number of rotatable bonds is 4. The predicted octanol–water partition coefficient (Wildman–Crippen LogP) is 0.436. The summed E-state index contributed by atoms with van der Waals surface area (Å²) in [4.78, 5) is 16.3. The molecule has 0 bridgehead atoms. The van der Waals surface area contributed by atoms with Crippen LogP contribution in [0.5, 0.6) is 0 Å². The molecule has 7 heteroatoms. The molecule has 1 aromatic heterocycles. The van der Waals surface area contributed by atoms with E-state index in [1.165, 1.54) is 4.68 Å². The molecule has 2 rings (SSSR count). The molecule has 0 aliphatic carbocycles. The summed E-state index contributed by atoms with van der Waals surface area (Å²) in [5.41, 5.74) is 0.762. The van der Waals surface area contributed by atoms with E-state index in [2.05, 4.69) is 30.8 Å². The lowest BCUT2D eigenvalue weighted by Gasteiger charge is -2.37. The fourth-order valence-electron chi connectivity index (χ4n) is 2.61. The number of likely N-dealkylation sites (N-methyl/N-ethyl adjacent to an activating group) is 1. The number of piperidine rings is 1. The van der Waals surface area contributed by atoms with Crippen LogP contribution in [0.2, 0.25) is 0 Å². The summed E-state index contributed by atoms with van der Waals surface area (Å²) in [7, 11) is 3.69. The third-order valence-corrected chi connectivity index (χ3v) is 4.69. The Hall–Kier alpha value is -0.920. The van der Waals surface area contributed by atoms with Crippen LogP contribution >= 0.6 is 15.9 Å². The fraction of sp³-hybridized carbons (Fsp3) is 0.692. The van der Waals surface area contributed by atoms with Crippen molar-refractivity contribution in [3.05, 3.63) is 21.0 Å². The predicted molar refractivity (Wildman–Crippen MR) is 82.1 cm³/mol. The Labute approximate surface area is 127 Å². The summed E-state index contributed by atoms with van der Waals surface area (Å²) in [6.45, 7) is 2.70. The Balaban J connectivity index is 2.04. The minimum Gasteiger partial charge on any atom is -0.395 e. The molecule has 0 atom stereocenters. The van der Waals surface area contributed by atoms with Crippen molar-refractivity contribution >= 4 is 21.6 Å². The molecule has 1 fully saturated rings. The number of halogens is 1. The molecule has 0 aromatic carbocycles. The van der Waals surface area contributed by atoms with Crippen LogP contribution in [0.3, 0.4) is 0 Å². The molecule has 0 radical (unpaired) electrons. The topological polar surface area (TPSA) is 61.6 Å². The van der Waals surface area contributed by atoms with Gasteiger partial charge in [0, 0.05) is 32.7 Å². The van der Waals surface area contributed by atoms with E-state index in [0.717, 1.165) is 31.6 Å². The molecule has 0 amide bonds. The zero-order chi connectivity index (χ0) is 14.7. The number of hydrogen-bond donors (Lipinski definition) is 1. The molecule has 112 valence electrons. The van der Waals surface area contributed by atoms with Gasteiger partial charge in [-0.2, -0.15) is 5.10 Å². The van der Waals surface area contributed by atoms with E-state index in [1.807, 2.05) is 7.05 Å². The van der Waals surface area contributed by atoms with Crippen LogP contribution in [0.15, 0.2) is 15.5 Å². The van der Waals surface area contributed by atoms with E-state index in [-0.39, 0.29) is 12.2 Å². The van der Waals surface area contributed by atoms with Crippen molar-refractivity contribution in [2.75, 3.05) is 38.2 Å². The van der Waals surface area contributed by atoms with Gasteiger partial charge in [0.1, 0.15) is 4.47 Å². The van der Waals surface area contributed by atoms with Gasteiger partial charge in [-0.1, -0.05) is 0 Å². The molecule has 1 aromatic rings. The molecular weight excluding hydrogens is 324 g/mol. The molecule has 1 saturated heterocycles. The molecule has 1 N–H and O–H groups in total. The smallest absolute Gasteiger partial charge is 0.282 e. The highest BCUT2D eigenvalue weighted by Crippen LogP contribution is 2.26. The summed E-state index contributed by atoms with van der Waals surface area (Å²) < 4.78 is 1.91. The van der Waals surface area contributed by atoms with E-state index in [4.69, 9.17) is 5.11 Å². The number of aliphatic hydroxyl groups excluding tert-OH is 1.